The average molecular weight is 444 g/mol. The molecule has 0 aliphatic heterocycles. The van der Waals surface area contributed by atoms with Crippen molar-refractivity contribution in [3.05, 3.63) is 60.4 Å². The number of nitrogens with zero attached hydrogens (tertiary/aromatic N) is 7. The topological polar surface area (TPSA) is 129 Å². The second-order valence-corrected chi connectivity index (χ2v) is 8.48. The monoisotopic (exact) mass is 444 g/mol. The molecule has 0 aromatic carbocycles. The Kier molecular flexibility index (Phi) is 5.12. The first-order valence-electron chi connectivity index (χ1n) is 10.7. The average Bonchev–Trinajstić information content (AvgIpc) is 3.44. The van der Waals surface area contributed by atoms with E-state index in [0.29, 0.717) is 23.1 Å². The van der Waals surface area contributed by atoms with E-state index in [-0.39, 0.29) is 17.9 Å². The van der Waals surface area contributed by atoms with Crippen molar-refractivity contribution in [1.82, 2.24) is 34.8 Å². The molecular weight excluding hydrogens is 420 g/mol. The number of likely N-dealkylation sites (N-methyl/N-ethyl adjacent to an activating group) is 1. The van der Waals surface area contributed by atoms with E-state index in [1.807, 2.05) is 18.3 Å². The van der Waals surface area contributed by atoms with Crippen molar-refractivity contribution in [2.24, 2.45) is 0 Å². The molecule has 4 aromatic rings. The summed E-state index contributed by atoms with van der Waals surface area (Å²) in [6, 6.07) is 7.72. The third kappa shape index (κ3) is 3.84. The predicted octanol–water partition coefficient (Wildman–Crippen LogP) is 2.53. The van der Waals surface area contributed by atoms with Crippen molar-refractivity contribution < 1.29 is 9.32 Å². The molecule has 1 amide bonds. The van der Waals surface area contributed by atoms with E-state index in [0.717, 1.165) is 36.1 Å². The van der Waals surface area contributed by atoms with Crippen molar-refractivity contribution in [1.29, 1.82) is 0 Å². The number of rotatable bonds is 6. The first-order chi connectivity index (χ1) is 15.9. The predicted molar refractivity (Wildman–Crippen MR) is 121 cm³/mol. The Morgan fingerprint density at radius 3 is 2.61 bits per heavy atom. The minimum absolute atomic E-state index is 0.0463. The Morgan fingerprint density at radius 2 is 1.97 bits per heavy atom. The molecular formula is C23H24N8O2. The van der Waals surface area contributed by atoms with E-state index in [9.17, 15) is 4.79 Å². The molecule has 0 bridgehead atoms. The van der Waals surface area contributed by atoms with Gasteiger partial charge in [-0.05, 0) is 36.6 Å². The number of hydrogen-bond donors (Lipinski definition) is 1. The molecule has 168 valence electrons. The maximum absolute atomic E-state index is 11.9. The molecule has 0 spiro atoms. The van der Waals surface area contributed by atoms with E-state index >= 15 is 0 Å². The van der Waals surface area contributed by atoms with Crippen LogP contribution in [-0.2, 0) is 16.8 Å². The number of pyridine rings is 2. The fourth-order valence-corrected chi connectivity index (χ4v) is 3.95. The number of nitrogens with two attached hydrogens (primary N) is 1. The highest BCUT2D eigenvalue weighted by molar-refractivity contribution is 5.75. The van der Waals surface area contributed by atoms with Crippen LogP contribution in [0.25, 0.3) is 22.7 Å². The molecule has 1 saturated carbocycles. The van der Waals surface area contributed by atoms with Gasteiger partial charge in [-0.3, -0.25) is 14.5 Å². The highest BCUT2D eigenvalue weighted by atomic mass is 16.5. The summed E-state index contributed by atoms with van der Waals surface area (Å²) in [5, 5.41) is 8.54. The Hall–Kier alpha value is -4.08. The van der Waals surface area contributed by atoms with Crippen LogP contribution >= 0.6 is 0 Å². The molecule has 4 heterocycles. The standard InChI is InChI=1S/C23H24N8O2/c1-30(2)20(32)14-31-13-16(11-27-31)21-28-22(29-33-21)23(8-3-9-23)17-5-6-18(25-12-17)15-4-7-19(24)26-10-15/h4-7,10-13H,3,8-9,14H2,1-2H3,(H2,24,26). The van der Waals surface area contributed by atoms with Gasteiger partial charge in [-0.1, -0.05) is 17.6 Å². The lowest BCUT2D eigenvalue weighted by Gasteiger charge is -2.39. The van der Waals surface area contributed by atoms with Crippen molar-refractivity contribution in [2.75, 3.05) is 19.8 Å². The summed E-state index contributed by atoms with van der Waals surface area (Å²) in [6.07, 6.45) is 9.89. The van der Waals surface area contributed by atoms with Crippen molar-refractivity contribution in [3.8, 4) is 22.7 Å². The molecule has 0 atom stereocenters. The van der Waals surface area contributed by atoms with Gasteiger partial charge in [0.1, 0.15) is 12.4 Å². The van der Waals surface area contributed by atoms with Crippen LogP contribution in [0, 0.1) is 0 Å². The summed E-state index contributed by atoms with van der Waals surface area (Å²) < 4.78 is 7.14. The van der Waals surface area contributed by atoms with Gasteiger partial charge in [0, 0.05) is 38.2 Å². The van der Waals surface area contributed by atoms with Crippen LogP contribution in [0.5, 0.6) is 0 Å². The molecule has 10 heteroatoms. The molecule has 1 aliphatic carbocycles. The zero-order valence-corrected chi connectivity index (χ0v) is 18.5. The van der Waals surface area contributed by atoms with Crippen molar-refractivity contribution in [3.63, 3.8) is 0 Å². The summed E-state index contributed by atoms with van der Waals surface area (Å²) in [4.78, 5) is 26.9. The summed E-state index contributed by atoms with van der Waals surface area (Å²) in [7, 11) is 3.42. The van der Waals surface area contributed by atoms with E-state index in [4.69, 9.17) is 15.2 Å². The molecule has 0 saturated heterocycles. The highest BCUT2D eigenvalue weighted by Gasteiger charge is 2.45. The summed E-state index contributed by atoms with van der Waals surface area (Å²) in [6.45, 7) is 0.152. The van der Waals surface area contributed by atoms with Crippen molar-refractivity contribution >= 4 is 11.7 Å². The third-order valence-corrected chi connectivity index (χ3v) is 6.14. The second kappa shape index (κ2) is 8.12. The van der Waals surface area contributed by atoms with Gasteiger partial charge in [-0.2, -0.15) is 10.1 Å². The second-order valence-electron chi connectivity index (χ2n) is 8.48. The SMILES string of the molecule is CN(C)C(=O)Cn1cc(-c2nc(C3(c4ccc(-c5ccc(N)nc5)nc4)CCC3)no2)cn1. The van der Waals surface area contributed by atoms with Crippen molar-refractivity contribution in [2.45, 2.75) is 31.2 Å². The number of carbonyl (C=O) groups is 1. The fraction of sp³-hybridized carbons (Fsp3) is 0.304. The molecule has 1 fully saturated rings. The number of nitrogen functional groups attached to an aromatic ring is 1. The van der Waals surface area contributed by atoms with Crippen LogP contribution in [0.3, 0.4) is 0 Å². The Labute approximate surface area is 190 Å². The van der Waals surface area contributed by atoms with E-state index < -0.39 is 0 Å². The first kappa shape index (κ1) is 20.8. The zero-order chi connectivity index (χ0) is 23.0. The smallest absolute Gasteiger partial charge is 0.261 e. The molecule has 0 unspecified atom stereocenters. The van der Waals surface area contributed by atoms with E-state index in [1.165, 1.54) is 4.90 Å². The van der Waals surface area contributed by atoms with Gasteiger partial charge in [-0.25, -0.2) is 4.98 Å². The molecule has 1 aliphatic rings. The number of amides is 1. The van der Waals surface area contributed by atoms with Gasteiger partial charge in [0.2, 0.25) is 5.91 Å². The molecule has 5 rings (SSSR count). The van der Waals surface area contributed by atoms with Crippen LogP contribution in [0.15, 0.2) is 53.6 Å². The summed E-state index contributed by atoms with van der Waals surface area (Å²) in [5.74, 6) is 1.46. The number of hydrogen-bond acceptors (Lipinski definition) is 8. The molecule has 2 N–H and O–H groups in total. The first-order valence-corrected chi connectivity index (χ1v) is 10.7. The summed E-state index contributed by atoms with van der Waals surface area (Å²) >= 11 is 0. The van der Waals surface area contributed by atoms with Crippen LogP contribution in [0.2, 0.25) is 0 Å². The maximum Gasteiger partial charge on any atom is 0.261 e. The van der Waals surface area contributed by atoms with Gasteiger partial charge in [0.15, 0.2) is 5.82 Å². The number of carbonyl (C=O) groups excluding carboxylic acids is 1. The number of aromatic nitrogens is 6. The minimum atomic E-state index is -0.316. The Bertz CT molecular complexity index is 1270. The third-order valence-electron chi connectivity index (χ3n) is 6.14. The molecule has 4 aromatic heterocycles. The molecule has 0 radical (unpaired) electrons. The minimum Gasteiger partial charge on any atom is -0.384 e. The molecule has 33 heavy (non-hydrogen) atoms. The van der Waals surface area contributed by atoms with Crippen LogP contribution < -0.4 is 5.73 Å². The Morgan fingerprint density at radius 1 is 1.12 bits per heavy atom. The van der Waals surface area contributed by atoms with Gasteiger partial charge >= 0.3 is 0 Å². The van der Waals surface area contributed by atoms with E-state index in [2.05, 4.69) is 26.3 Å². The van der Waals surface area contributed by atoms with Gasteiger partial charge in [0.25, 0.3) is 5.89 Å². The quantitative estimate of drug-likeness (QED) is 0.480. The number of anilines is 1. The lowest BCUT2D eigenvalue weighted by atomic mass is 9.64. The van der Waals surface area contributed by atoms with Crippen LogP contribution in [0.4, 0.5) is 5.82 Å². The highest BCUT2D eigenvalue weighted by Crippen LogP contribution is 2.48. The van der Waals surface area contributed by atoms with Gasteiger partial charge in [0.05, 0.1) is 22.9 Å². The fourth-order valence-electron chi connectivity index (χ4n) is 3.95. The van der Waals surface area contributed by atoms with Gasteiger partial charge in [-0.15, -0.1) is 0 Å². The largest absolute Gasteiger partial charge is 0.384 e. The Balaban J connectivity index is 1.38. The van der Waals surface area contributed by atoms with Crippen LogP contribution in [0.1, 0.15) is 30.7 Å². The normalized spacial score (nSPS) is 14.6. The summed E-state index contributed by atoms with van der Waals surface area (Å²) in [5.41, 5.74) is 8.83. The zero-order valence-electron chi connectivity index (χ0n) is 18.5. The van der Waals surface area contributed by atoms with E-state index in [1.54, 1.807) is 43.4 Å². The van der Waals surface area contributed by atoms with Gasteiger partial charge < -0.3 is 15.2 Å². The lowest BCUT2D eigenvalue weighted by molar-refractivity contribution is -0.129. The lowest BCUT2D eigenvalue weighted by Crippen LogP contribution is -2.36. The molecule has 10 nitrogen and oxygen atoms in total. The maximum atomic E-state index is 11.9. The van der Waals surface area contributed by atoms with Crippen LogP contribution in [-0.4, -0.2) is 54.8 Å².